The number of alkyl halides is 4. The molecule has 0 aromatic heterocycles. The van der Waals surface area contributed by atoms with Crippen LogP contribution in [0.15, 0.2) is 24.3 Å². The summed E-state index contributed by atoms with van der Waals surface area (Å²) in [6.45, 7) is 0.223. The SMILES string of the molecule is O=C(NCC1C[C@H]1F)c1ccc(C(F)(F)F)cc1. The number of hydrogen-bond acceptors (Lipinski definition) is 1. The lowest BCUT2D eigenvalue weighted by atomic mass is 10.1. The average molecular weight is 261 g/mol. The summed E-state index contributed by atoms with van der Waals surface area (Å²) in [5.41, 5.74) is -0.663. The molecule has 0 heterocycles. The molecule has 0 spiro atoms. The van der Waals surface area contributed by atoms with Crippen LogP contribution in [0.3, 0.4) is 0 Å². The quantitative estimate of drug-likeness (QED) is 0.833. The van der Waals surface area contributed by atoms with Crippen molar-refractivity contribution in [1.29, 1.82) is 0 Å². The Bertz CT molecular complexity index is 440. The number of carbonyl (C=O) groups is 1. The van der Waals surface area contributed by atoms with Gasteiger partial charge in [-0.3, -0.25) is 4.79 Å². The van der Waals surface area contributed by atoms with Crippen LogP contribution in [0.25, 0.3) is 0 Å². The molecule has 1 aromatic rings. The molecule has 98 valence electrons. The molecule has 0 saturated heterocycles. The largest absolute Gasteiger partial charge is 0.416 e. The summed E-state index contributed by atoms with van der Waals surface area (Å²) in [5.74, 6) is -0.633. The van der Waals surface area contributed by atoms with Crippen molar-refractivity contribution in [1.82, 2.24) is 5.32 Å². The third-order valence-corrected chi connectivity index (χ3v) is 2.84. The van der Waals surface area contributed by atoms with Crippen molar-refractivity contribution in [3.05, 3.63) is 35.4 Å². The van der Waals surface area contributed by atoms with Crippen molar-refractivity contribution in [3.63, 3.8) is 0 Å². The standard InChI is InChI=1S/C12H11F4NO/c13-10-5-8(10)6-17-11(18)7-1-3-9(4-2-7)12(14,15)16/h1-4,8,10H,5-6H2,(H,17,18)/t8?,10-/m1/s1. The Labute approximate surface area is 101 Å². The molecule has 1 aliphatic rings. The maximum Gasteiger partial charge on any atom is 0.416 e. The van der Waals surface area contributed by atoms with Gasteiger partial charge in [0.2, 0.25) is 0 Å². The number of benzene rings is 1. The zero-order chi connectivity index (χ0) is 13.3. The second-order valence-corrected chi connectivity index (χ2v) is 4.30. The molecule has 2 nitrogen and oxygen atoms in total. The molecule has 1 unspecified atom stereocenters. The number of halogens is 4. The molecule has 6 heteroatoms. The topological polar surface area (TPSA) is 29.1 Å². The van der Waals surface area contributed by atoms with Crippen LogP contribution in [0.4, 0.5) is 17.6 Å². The minimum absolute atomic E-state index is 0.138. The van der Waals surface area contributed by atoms with E-state index in [0.29, 0.717) is 6.42 Å². The van der Waals surface area contributed by atoms with E-state index in [2.05, 4.69) is 5.32 Å². The van der Waals surface area contributed by atoms with E-state index in [1.807, 2.05) is 0 Å². The normalized spacial score (nSPS) is 22.7. The Kier molecular flexibility index (Phi) is 3.28. The summed E-state index contributed by atoms with van der Waals surface area (Å²) in [6, 6.07) is 3.92. The third kappa shape index (κ3) is 3.00. The molecule has 2 rings (SSSR count). The second kappa shape index (κ2) is 4.59. The van der Waals surface area contributed by atoms with Gasteiger partial charge in [0.1, 0.15) is 6.17 Å². The van der Waals surface area contributed by atoms with Crippen LogP contribution in [0.5, 0.6) is 0 Å². The number of rotatable bonds is 3. The molecular weight excluding hydrogens is 250 g/mol. The fraction of sp³-hybridized carbons (Fsp3) is 0.417. The first kappa shape index (κ1) is 12.9. The highest BCUT2D eigenvalue weighted by molar-refractivity contribution is 5.94. The van der Waals surface area contributed by atoms with Gasteiger partial charge in [-0.1, -0.05) is 0 Å². The first-order valence-corrected chi connectivity index (χ1v) is 5.47. The van der Waals surface area contributed by atoms with Gasteiger partial charge in [0, 0.05) is 18.0 Å². The smallest absolute Gasteiger partial charge is 0.352 e. The van der Waals surface area contributed by atoms with Gasteiger partial charge in [0.05, 0.1) is 5.56 Å². The van der Waals surface area contributed by atoms with E-state index in [0.717, 1.165) is 24.3 Å². The van der Waals surface area contributed by atoms with Crippen molar-refractivity contribution in [3.8, 4) is 0 Å². The van der Waals surface area contributed by atoms with E-state index in [-0.39, 0.29) is 18.0 Å². The fourth-order valence-corrected chi connectivity index (χ4v) is 1.56. The van der Waals surface area contributed by atoms with Gasteiger partial charge in [-0.25, -0.2) is 4.39 Å². The summed E-state index contributed by atoms with van der Waals surface area (Å²) in [7, 11) is 0. The van der Waals surface area contributed by atoms with Crippen molar-refractivity contribution >= 4 is 5.91 Å². The van der Waals surface area contributed by atoms with Crippen LogP contribution in [0.1, 0.15) is 22.3 Å². The fourth-order valence-electron chi connectivity index (χ4n) is 1.56. The van der Waals surface area contributed by atoms with E-state index in [1.54, 1.807) is 0 Å². The zero-order valence-corrected chi connectivity index (χ0v) is 9.30. The molecule has 0 aliphatic heterocycles. The predicted octanol–water partition coefficient (Wildman–Crippen LogP) is 2.79. The van der Waals surface area contributed by atoms with Gasteiger partial charge < -0.3 is 5.32 Å². The molecule has 1 amide bonds. The van der Waals surface area contributed by atoms with Gasteiger partial charge in [0.15, 0.2) is 0 Å². The van der Waals surface area contributed by atoms with Crippen molar-refractivity contribution in [2.45, 2.75) is 18.8 Å². The number of nitrogens with one attached hydrogen (secondary N) is 1. The number of amides is 1. The van der Waals surface area contributed by atoms with Crippen LogP contribution < -0.4 is 5.32 Å². The Hall–Kier alpha value is -1.59. The summed E-state index contributed by atoms with van der Waals surface area (Å²) >= 11 is 0. The van der Waals surface area contributed by atoms with Crippen LogP contribution >= 0.6 is 0 Å². The van der Waals surface area contributed by atoms with Gasteiger partial charge in [0.25, 0.3) is 5.91 Å². The summed E-state index contributed by atoms with van der Waals surface area (Å²) < 4.78 is 49.4. The van der Waals surface area contributed by atoms with Crippen LogP contribution in [-0.2, 0) is 6.18 Å². The van der Waals surface area contributed by atoms with Gasteiger partial charge in [-0.15, -0.1) is 0 Å². The highest BCUT2D eigenvalue weighted by Gasteiger charge is 2.37. The molecule has 0 bridgehead atoms. The van der Waals surface area contributed by atoms with Crippen molar-refractivity contribution < 1.29 is 22.4 Å². The van der Waals surface area contributed by atoms with Crippen molar-refractivity contribution in [2.75, 3.05) is 6.54 Å². The van der Waals surface area contributed by atoms with E-state index in [4.69, 9.17) is 0 Å². The van der Waals surface area contributed by atoms with Crippen LogP contribution in [0.2, 0.25) is 0 Å². The zero-order valence-electron chi connectivity index (χ0n) is 9.30. The first-order chi connectivity index (χ1) is 8.38. The highest BCUT2D eigenvalue weighted by atomic mass is 19.4. The summed E-state index contributed by atoms with van der Waals surface area (Å²) in [4.78, 5) is 11.5. The lowest BCUT2D eigenvalue weighted by Crippen LogP contribution is -2.26. The average Bonchev–Trinajstić information content (AvgIpc) is 3.01. The lowest BCUT2D eigenvalue weighted by Gasteiger charge is -2.08. The maximum absolute atomic E-state index is 12.5. The third-order valence-electron chi connectivity index (χ3n) is 2.84. The molecule has 1 N–H and O–H groups in total. The Morgan fingerprint density at radius 3 is 2.28 bits per heavy atom. The van der Waals surface area contributed by atoms with Crippen LogP contribution in [0, 0.1) is 5.92 Å². The summed E-state index contributed by atoms with van der Waals surface area (Å²) in [6.07, 6.45) is -4.84. The molecule has 2 atom stereocenters. The minimum Gasteiger partial charge on any atom is -0.352 e. The van der Waals surface area contributed by atoms with Gasteiger partial charge >= 0.3 is 6.18 Å². The second-order valence-electron chi connectivity index (χ2n) is 4.30. The number of carbonyl (C=O) groups excluding carboxylic acids is 1. The van der Waals surface area contributed by atoms with Gasteiger partial charge in [-0.05, 0) is 30.7 Å². The molecule has 1 aromatic carbocycles. The van der Waals surface area contributed by atoms with E-state index in [1.165, 1.54) is 0 Å². The molecule has 1 aliphatic carbocycles. The van der Waals surface area contributed by atoms with Crippen LogP contribution in [-0.4, -0.2) is 18.6 Å². The van der Waals surface area contributed by atoms with Crippen molar-refractivity contribution in [2.24, 2.45) is 5.92 Å². The number of hydrogen-bond donors (Lipinski definition) is 1. The molecule has 1 saturated carbocycles. The van der Waals surface area contributed by atoms with Gasteiger partial charge in [-0.2, -0.15) is 13.2 Å². The first-order valence-electron chi connectivity index (χ1n) is 5.47. The lowest BCUT2D eigenvalue weighted by molar-refractivity contribution is -0.137. The Morgan fingerprint density at radius 2 is 1.83 bits per heavy atom. The minimum atomic E-state index is -4.41. The summed E-state index contributed by atoms with van der Waals surface area (Å²) in [5, 5.41) is 2.49. The molecule has 1 fully saturated rings. The maximum atomic E-state index is 12.5. The van der Waals surface area contributed by atoms with E-state index in [9.17, 15) is 22.4 Å². The van der Waals surface area contributed by atoms with E-state index >= 15 is 0 Å². The molecule has 0 radical (unpaired) electrons. The molecular formula is C12H11F4NO. The predicted molar refractivity (Wildman–Crippen MR) is 56.8 cm³/mol. The van der Waals surface area contributed by atoms with E-state index < -0.39 is 23.8 Å². The Balaban J connectivity index is 1.94. The molecule has 18 heavy (non-hydrogen) atoms. The Morgan fingerprint density at radius 1 is 1.28 bits per heavy atom. The highest BCUT2D eigenvalue weighted by Crippen LogP contribution is 2.33. The monoisotopic (exact) mass is 261 g/mol.